The van der Waals surface area contributed by atoms with Crippen LogP contribution in [0.5, 0.6) is 0 Å². The molecule has 0 bridgehead atoms. The first kappa shape index (κ1) is 12.3. The van der Waals surface area contributed by atoms with Crippen molar-refractivity contribution in [2.45, 2.75) is 52.1 Å². The van der Waals surface area contributed by atoms with Crippen molar-refractivity contribution in [2.75, 3.05) is 0 Å². The molecule has 0 amide bonds. The maximum absolute atomic E-state index is 3.62. The molecule has 0 heterocycles. The number of rotatable bonds is 7. The molecule has 1 N–H and O–H groups in total. The molecule has 1 heteroatoms. The van der Waals surface area contributed by atoms with Crippen molar-refractivity contribution in [3.05, 3.63) is 35.9 Å². The van der Waals surface area contributed by atoms with Gasteiger partial charge in [-0.05, 0) is 18.4 Å². The van der Waals surface area contributed by atoms with E-state index in [1.165, 1.54) is 31.2 Å². The molecule has 1 nitrogen and oxygen atoms in total. The third-order valence-electron chi connectivity index (χ3n) is 2.84. The summed E-state index contributed by atoms with van der Waals surface area (Å²) in [5.74, 6) is 0. The molecule has 0 aliphatic carbocycles. The molecule has 15 heavy (non-hydrogen) atoms. The van der Waals surface area contributed by atoms with E-state index in [-0.39, 0.29) is 0 Å². The third-order valence-corrected chi connectivity index (χ3v) is 2.84. The lowest BCUT2D eigenvalue weighted by molar-refractivity contribution is 0.452. The van der Waals surface area contributed by atoms with E-state index < -0.39 is 0 Å². The van der Waals surface area contributed by atoms with E-state index in [0.717, 1.165) is 6.54 Å². The fourth-order valence-corrected chi connectivity index (χ4v) is 1.76. The van der Waals surface area contributed by atoms with Crippen LogP contribution >= 0.6 is 0 Å². The maximum Gasteiger partial charge on any atom is 0.0208 e. The predicted molar refractivity (Wildman–Crippen MR) is 66.9 cm³/mol. The number of hydrogen-bond acceptors (Lipinski definition) is 1. The van der Waals surface area contributed by atoms with Crippen LogP contribution < -0.4 is 5.32 Å². The van der Waals surface area contributed by atoms with Crippen LogP contribution in [0.25, 0.3) is 0 Å². The van der Waals surface area contributed by atoms with Crippen LogP contribution in [-0.2, 0) is 6.54 Å². The number of benzene rings is 1. The average molecular weight is 205 g/mol. The van der Waals surface area contributed by atoms with Gasteiger partial charge in [0, 0.05) is 12.6 Å². The zero-order chi connectivity index (χ0) is 10.9. The highest BCUT2D eigenvalue weighted by atomic mass is 14.9. The maximum atomic E-state index is 3.62. The Bertz CT molecular complexity index is 243. The lowest BCUT2D eigenvalue weighted by Gasteiger charge is -2.16. The van der Waals surface area contributed by atoms with Gasteiger partial charge in [-0.3, -0.25) is 0 Å². The van der Waals surface area contributed by atoms with Gasteiger partial charge in [-0.15, -0.1) is 0 Å². The lowest BCUT2D eigenvalue weighted by Crippen LogP contribution is -2.27. The van der Waals surface area contributed by atoms with Gasteiger partial charge in [0.2, 0.25) is 0 Å². The smallest absolute Gasteiger partial charge is 0.0208 e. The van der Waals surface area contributed by atoms with E-state index in [1.54, 1.807) is 0 Å². The van der Waals surface area contributed by atoms with Crippen LogP contribution in [0.2, 0.25) is 0 Å². The summed E-state index contributed by atoms with van der Waals surface area (Å²) in [5, 5.41) is 3.62. The Morgan fingerprint density at radius 2 is 1.87 bits per heavy atom. The highest BCUT2D eigenvalue weighted by Gasteiger charge is 2.03. The van der Waals surface area contributed by atoms with E-state index in [1.807, 2.05) is 0 Å². The first-order valence-electron chi connectivity index (χ1n) is 6.14. The van der Waals surface area contributed by atoms with Gasteiger partial charge in [0.1, 0.15) is 0 Å². The van der Waals surface area contributed by atoms with Gasteiger partial charge in [-0.2, -0.15) is 0 Å². The Morgan fingerprint density at radius 1 is 1.13 bits per heavy atom. The van der Waals surface area contributed by atoms with E-state index in [0.29, 0.717) is 6.04 Å². The first-order valence-corrected chi connectivity index (χ1v) is 6.14. The molecule has 0 fully saturated rings. The molecular weight excluding hydrogens is 182 g/mol. The summed E-state index contributed by atoms with van der Waals surface area (Å²) < 4.78 is 0. The molecule has 1 aromatic carbocycles. The van der Waals surface area contributed by atoms with E-state index in [2.05, 4.69) is 49.5 Å². The van der Waals surface area contributed by atoms with Gasteiger partial charge >= 0.3 is 0 Å². The van der Waals surface area contributed by atoms with E-state index in [9.17, 15) is 0 Å². The van der Waals surface area contributed by atoms with Gasteiger partial charge in [-0.25, -0.2) is 0 Å². The van der Waals surface area contributed by atoms with E-state index >= 15 is 0 Å². The molecule has 0 saturated carbocycles. The molecule has 1 aromatic rings. The molecule has 0 aliphatic heterocycles. The third kappa shape index (κ3) is 4.98. The number of hydrogen-bond donors (Lipinski definition) is 1. The Balaban J connectivity index is 2.28. The fourth-order valence-electron chi connectivity index (χ4n) is 1.76. The Morgan fingerprint density at radius 3 is 2.47 bits per heavy atom. The fraction of sp³-hybridized carbons (Fsp3) is 0.571. The van der Waals surface area contributed by atoms with Crippen LogP contribution in [0, 0.1) is 0 Å². The molecule has 0 aliphatic rings. The molecule has 0 spiro atoms. The van der Waals surface area contributed by atoms with Crippen LogP contribution in [0.3, 0.4) is 0 Å². The van der Waals surface area contributed by atoms with Gasteiger partial charge in [0.05, 0.1) is 0 Å². The second kappa shape index (κ2) is 7.47. The van der Waals surface area contributed by atoms with Gasteiger partial charge < -0.3 is 5.32 Å². The highest BCUT2D eigenvalue weighted by molar-refractivity contribution is 5.14. The van der Waals surface area contributed by atoms with Crippen molar-refractivity contribution >= 4 is 0 Å². The van der Waals surface area contributed by atoms with Crippen molar-refractivity contribution in [1.29, 1.82) is 0 Å². The quantitative estimate of drug-likeness (QED) is 0.715. The van der Waals surface area contributed by atoms with Gasteiger partial charge in [0.15, 0.2) is 0 Å². The summed E-state index contributed by atoms with van der Waals surface area (Å²) in [6.07, 6.45) is 5.16. The Labute approximate surface area is 93.9 Å². The normalized spacial score (nSPS) is 12.7. The highest BCUT2D eigenvalue weighted by Crippen LogP contribution is 2.06. The van der Waals surface area contributed by atoms with Crippen LogP contribution in [0.1, 0.15) is 45.1 Å². The largest absolute Gasteiger partial charge is 0.310 e. The molecular formula is C14H23N. The standard InChI is InChI=1S/C14H23N/c1-3-5-11-14(4-2)15-12-13-9-7-6-8-10-13/h6-10,14-15H,3-5,11-12H2,1-2H3. The minimum Gasteiger partial charge on any atom is -0.310 e. The zero-order valence-electron chi connectivity index (χ0n) is 10.00. The minimum absolute atomic E-state index is 0.685. The molecule has 0 aromatic heterocycles. The molecule has 1 atom stereocenters. The van der Waals surface area contributed by atoms with E-state index in [4.69, 9.17) is 0 Å². The van der Waals surface area contributed by atoms with Crippen molar-refractivity contribution in [3.63, 3.8) is 0 Å². The summed E-state index contributed by atoms with van der Waals surface area (Å²) in [7, 11) is 0. The zero-order valence-corrected chi connectivity index (χ0v) is 10.00. The van der Waals surface area contributed by atoms with Crippen molar-refractivity contribution in [2.24, 2.45) is 0 Å². The Hall–Kier alpha value is -0.820. The number of unbranched alkanes of at least 4 members (excludes halogenated alkanes) is 1. The predicted octanol–water partition coefficient (Wildman–Crippen LogP) is 3.75. The minimum atomic E-state index is 0.685. The summed E-state index contributed by atoms with van der Waals surface area (Å²) in [6, 6.07) is 11.3. The summed E-state index contributed by atoms with van der Waals surface area (Å²) >= 11 is 0. The topological polar surface area (TPSA) is 12.0 Å². The van der Waals surface area contributed by atoms with Gasteiger partial charge in [0.25, 0.3) is 0 Å². The van der Waals surface area contributed by atoms with Crippen LogP contribution in [-0.4, -0.2) is 6.04 Å². The second-order valence-electron chi connectivity index (χ2n) is 4.11. The molecule has 84 valence electrons. The number of nitrogens with one attached hydrogen (secondary N) is 1. The molecule has 0 radical (unpaired) electrons. The molecule has 1 rings (SSSR count). The summed E-state index contributed by atoms with van der Waals surface area (Å²) in [4.78, 5) is 0. The summed E-state index contributed by atoms with van der Waals surface area (Å²) in [5.41, 5.74) is 1.38. The summed E-state index contributed by atoms with van der Waals surface area (Å²) in [6.45, 7) is 5.52. The van der Waals surface area contributed by atoms with Crippen molar-refractivity contribution < 1.29 is 0 Å². The molecule has 0 saturated heterocycles. The van der Waals surface area contributed by atoms with Crippen LogP contribution in [0.4, 0.5) is 0 Å². The lowest BCUT2D eigenvalue weighted by atomic mass is 10.1. The Kier molecular flexibility index (Phi) is 6.10. The van der Waals surface area contributed by atoms with Crippen molar-refractivity contribution in [1.82, 2.24) is 5.32 Å². The second-order valence-corrected chi connectivity index (χ2v) is 4.11. The first-order chi connectivity index (χ1) is 7.36. The van der Waals surface area contributed by atoms with Gasteiger partial charge in [-0.1, -0.05) is 57.0 Å². The van der Waals surface area contributed by atoms with Crippen LogP contribution in [0.15, 0.2) is 30.3 Å². The van der Waals surface area contributed by atoms with Crippen molar-refractivity contribution in [3.8, 4) is 0 Å². The average Bonchev–Trinajstić information content (AvgIpc) is 2.31. The SMILES string of the molecule is CCCCC(CC)NCc1ccccc1. The monoisotopic (exact) mass is 205 g/mol. The molecule has 1 unspecified atom stereocenters.